The van der Waals surface area contributed by atoms with Crippen molar-refractivity contribution in [3.05, 3.63) is 46.8 Å². The van der Waals surface area contributed by atoms with Gasteiger partial charge in [0.05, 0.1) is 0 Å². The van der Waals surface area contributed by atoms with Crippen molar-refractivity contribution in [2.75, 3.05) is 5.32 Å². The molecule has 0 aliphatic carbocycles. The smallest absolute Gasteiger partial charge is 0.262 e. The summed E-state index contributed by atoms with van der Waals surface area (Å²) in [7, 11) is 0. The standard InChI is InChI=1S/C13H11N3O2/c1-8-3-5-10(6-4-8)15-13(17)12-9(2)18-16-11(12)7-14/h3-6H,1-2H3,(H,15,17). The van der Waals surface area contributed by atoms with Gasteiger partial charge in [0.2, 0.25) is 0 Å². The molecule has 1 aromatic heterocycles. The molecule has 0 saturated heterocycles. The highest BCUT2D eigenvalue weighted by Crippen LogP contribution is 2.16. The van der Waals surface area contributed by atoms with Gasteiger partial charge in [0.25, 0.3) is 5.91 Å². The summed E-state index contributed by atoms with van der Waals surface area (Å²) in [5, 5.41) is 15.0. The predicted octanol–water partition coefficient (Wildman–Crippen LogP) is 2.42. The number of carbonyl (C=O) groups is 1. The quantitative estimate of drug-likeness (QED) is 0.875. The summed E-state index contributed by atoms with van der Waals surface area (Å²) >= 11 is 0. The minimum atomic E-state index is -0.394. The molecule has 1 amide bonds. The Labute approximate surface area is 104 Å². The molecule has 0 fully saturated rings. The lowest BCUT2D eigenvalue weighted by Gasteiger charge is -2.04. The van der Waals surface area contributed by atoms with Gasteiger partial charge in [0, 0.05) is 5.69 Å². The number of aromatic nitrogens is 1. The number of hydrogen-bond acceptors (Lipinski definition) is 4. The van der Waals surface area contributed by atoms with E-state index in [9.17, 15) is 4.79 Å². The van der Waals surface area contributed by atoms with Crippen molar-refractivity contribution in [2.24, 2.45) is 0 Å². The summed E-state index contributed by atoms with van der Waals surface area (Å²) in [6.07, 6.45) is 0. The first-order valence-electron chi connectivity index (χ1n) is 5.36. The highest BCUT2D eigenvalue weighted by molar-refractivity contribution is 6.06. The van der Waals surface area contributed by atoms with Crippen LogP contribution in [0.25, 0.3) is 0 Å². The first-order valence-corrected chi connectivity index (χ1v) is 5.36. The summed E-state index contributed by atoms with van der Waals surface area (Å²) in [4.78, 5) is 12.0. The van der Waals surface area contributed by atoms with Crippen LogP contribution in [0.15, 0.2) is 28.8 Å². The lowest BCUT2D eigenvalue weighted by Crippen LogP contribution is -2.13. The maximum absolute atomic E-state index is 12.0. The van der Waals surface area contributed by atoms with Gasteiger partial charge in [-0.05, 0) is 26.0 Å². The van der Waals surface area contributed by atoms with Crippen molar-refractivity contribution >= 4 is 11.6 Å². The Hall–Kier alpha value is -2.61. The van der Waals surface area contributed by atoms with Crippen molar-refractivity contribution < 1.29 is 9.32 Å². The Morgan fingerprint density at radius 1 is 1.33 bits per heavy atom. The van der Waals surface area contributed by atoms with E-state index in [0.717, 1.165) is 5.56 Å². The molecular formula is C13H11N3O2. The van der Waals surface area contributed by atoms with Crippen LogP contribution in [0, 0.1) is 25.2 Å². The van der Waals surface area contributed by atoms with E-state index in [1.165, 1.54) is 0 Å². The fraction of sp³-hybridized carbons (Fsp3) is 0.154. The monoisotopic (exact) mass is 241 g/mol. The van der Waals surface area contributed by atoms with Gasteiger partial charge in [-0.3, -0.25) is 4.79 Å². The highest BCUT2D eigenvalue weighted by atomic mass is 16.5. The molecule has 0 unspecified atom stereocenters. The van der Waals surface area contributed by atoms with E-state index in [1.54, 1.807) is 19.1 Å². The molecule has 1 aromatic carbocycles. The molecule has 18 heavy (non-hydrogen) atoms. The zero-order valence-electron chi connectivity index (χ0n) is 10.0. The van der Waals surface area contributed by atoms with Crippen LogP contribution in [-0.2, 0) is 0 Å². The lowest BCUT2D eigenvalue weighted by atomic mass is 10.1. The largest absolute Gasteiger partial charge is 0.359 e. The Morgan fingerprint density at radius 3 is 2.61 bits per heavy atom. The van der Waals surface area contributed by atoms with Crippen LogP contribution >= 0.6 is 0 Å². The van der Waals surface area contributed by atoms with Crippen LogP contribution in [0.5, 0.6) is 0 Å². The SMILES string of the molecule is Cc1ccc(NC(=O)c2c(C#N)noc2C)cc1. The molecule has 5 heteroatoms. The molecule has 0 atom stereocenters. The van der Waals surface area contributed by atoms with Gasteiger partial charge in [-0.1, -0.05) is 22.9 Å². The van der Waals surface area contributed by atoms with Crippen molar-refractivity contribution in [3.8, 4) is 6.07 Å². The summed E-state index contributed by atoms with van der Waals surface area (Å²) in [6.45, 7) is 3.56. The number of rotatable bonds is 2. The predicted molar refractivity (Wildman–Crippen MR) is 65.1 cm³/mol. The molecule has 2 aromatic rings. The first-order chi connectivity index (χ1) is 8.61. The molecule has 1 N–H and O–H groups in total. The van der Waals surface area contributed by atoms with E-state index in [2.05, 4.69) is 10.5 Å². The highest BCUT2D eigenvalue weighted by Gasteiger charge is 2.20. The molecule has 2 rings (SSSR count). The summed E-state index contributed by atoms with van der Waals surface area (Å²) in [5.41, 5.74) is 1.94. The maximum Gasteiger partial charge on any atom is 0.262 e. The van der Waals surface area contributed by atoms with Gasteiger partial charge in [0.1, 0.15) is 17.4 Å². The number of nitrogens with zero attached hydrogens (tertiary/aromatic N) is 2. The topological polar surface area (TPSA) is 78.9 Å². The average Bonchev–Trinajstić information content (AvgIpc) is 2.73. The minimum Gasteiger partial charge on any atom is -0.359 e. The van der Waals surface area contributed by atoms with Crippen LogP contribution in [0.2, 0.25) is 0 Å². The number of anilines is 1. The molecule has 0 radical (unpaired) electrons. The third kappa shape index (κ3) is 2.23. The van der Waals surface area contributed by atoms with Crippen LogP contribution in [0.1, 0.15) is 27.4 Å². The number of nitriles is 1. The molecular weight excluding hydrogens is 230 g/mol. The van der Waals surface area contributed by atoms with E-state index < -0.39 is 5.91 Å². The third-order valence-electron chi connectivity index (χ3n) is 2.51. The molecule has 0 aliphatic rings. The van der Waals surface area contributed by atoms with Gasteiger partial charge in [-0.2, -0.15) is 5.26 Å². The van der Waals surface area contributed by atoms with E-state index in [1.807, 2.05) is 25.1 Å². The molecule has 0 spiro atoms. The van der Waals surface area contributed by atoms with Crippen LogP contribution in [-0.4, -0.2) is 11.1 Å². The van der Waals surface area contributed by atoms with Crippen molar-refractivity contribution in [3.63, 3.8) is 0 Å². The Kier molecular flexibility index (Phi) is 3.11. The summed E-state index contributed by atoms with van der Waals surface area (Å²) in [6, 6.07) is 9.19. The number of amides is 1. The zero-order valence-corrected chi connectivity index (χ0v) is 10.0. The second kappa shape index (κ2) is 4.72. The minimum absolute atomic E-state index is 0.00267. The van der Waals surface area contributed by atoms with Crippen molar-refractivity contribution in [1.29, 1.82) is 5.26 Å². The average molecular weight is 241 g/mol. The van der Waals surface area contributed by atoms with Gasteiger partial charge >= 0.3 is 0 Å². The normalized spacial score (nSPS) is 9.83. The van der Waals surface area contributed by atoms with Crippen molar-refractivity contribution in [1.82, 2.24) is 5.16 Å². The van der Waals surface area contributed by atoms with Gasteiger partial charge in [-0.25, -0.2) is 0 Å². The van der Waals surface area contributed by atoms with E-state index in [4.69, 9.17) is 9.78 Å². The molecule has 1 heterocycles. The second-order valence-corrected chi connectivity index (χ2v) is 3.89. The van der Waals surface area contributed by atoms with Gasteiger partial charge in [0.15, 0.2) is 5.69 Å². The second-order valence-electron chi connectivity index (χ2n) is 3.89. The maximum atomic E-state index is 12.0. The molecule has 0 saturated carbocycles. The van der Waals surface area contributed by atoms with Crippen molar-refractivity contribution in [2.45, 2.75) is 13.8 Å². The molecule has 5 nitrogen and oxygen atoms in total. The Morgan fingerprint density at radius 2 is 2.00 bits per heavy atom. The van der Waals surface area contributed by atoms with Crippen LogP contribution < -0.4 is 5.32 Å². The molecule has 90 valence electrons. The first kappa shape index (κ1) is 11.9. The van der Waals surface area contributed by atoms with E-state index >= 15 is 0 Å². The fourth-order valence-electron chi connectivity index (χ4n) is 1.55. The third-order valence-corrected chi connectivity index (χ3v) is 2.51. The van der Waals surface area contributed by atoms with Crippen LogP contribution in [0.3, 0.4) is 0 Å². The number of benzene rings is 1. The summed E-state index contributed by atoms with van der Waals surface area (Å²) in [5.74, 6) is -0.0645. The van der Waals surface area contributed by atoms with Gasteiger partial charge in [-0.15, -0.1) is 0 Å². The Balaban J connectivity index is 2.25. The summed E-state index contributed by atoms with van der Waals surface area (Å²) < 4.78 is 4.83. The van der Waals surface area contributed by atoms with E-state index in [0.29, 0.717) is 11.4 Å². The Bertz CT molecular complexity index is 621. The number of hydrogen-bond donors (Lipinski definition) is 1. The molecule has 0 aliphatic heterocycles. The van der Waals surface area contributed by atoms with E-state index in [-0.39, 0.29) is 11.3 Å². The molecule has 0 bridgehead atoms. The number of carbonyl (C=O) groups excluding carboxylic acids is 1. The number of aryl methyl sites for hydroxylation is 2. The zero-order chi connectivity index (χ0) is 13.1. The van der Waals surface area contributed by atoms with Crippen LogP contribution in [0.4, 0.5) is 5.69 Å². The lowest BCUT2D eigenvalue weighted by molar-refractivity contribution is 0.102. The fourth-order valence-corrected chi connectivity index (χ4v) is 1.55. The number of nitrogens with one attached hydrogen (secondary N) is 1. The van der Waals surface area contributed by atoms with Gasteiger partial charge < -0.3 is 9.84 Å².